The molecule has 28 heavy (non-hydrogen) atoms. The molecule has 154 valence electrons. The summed E-state index contributed by atoms with van der Waals surface area (Å²) in [7, 11) is 0.970. The first-order valence-corrected chi connectivity index (χ1v) is 7.86. The number of aryl methyl sites for hydroxylation is 2. The first kappa shape index (κ1) is 22.0. The lowest BCUT2D eigenvalue weighted by Gasteiger charge is -2.18. The molecule has 4 nitrogen and oxygen atoms in total. The van der Waals surface area contributed by atoms with Gasteiger partial charge < -0.3 is 4.74 Å². The maximum Gasteiger partial charge on any atom is 0.433 e. The summed E-state index contributed by atoms with van der Waals surface area (Å²) in [6.07, 6.45) is -8.79. The zero-order valence-corrected chi connectivity index (χ0v) is 15.0. The summed E-state index contributed by atoms with van der Waals surface area (Å²) in [6, 6.07) is 2.50. The lowest BCUT2D eigenvalue weighted by atomic mass is 10.0. The Kier molecular flexibility index (Phi) is 5.98. The Morgan fingerprint density at radius 1 is 1.18 bits per heavy atom. The molecule has 12 heteroatoms. The largest absolute Gasteiger partial charge is 0.485 e. The van der Waals surface area contributed by atoms with Gasteiger partial charge in [0.1, 0.15) is 17.1 Å². The van der Waals surface area contributed by atoms with Crippen molar-refractivity contribution in [3.05, 3.63) is 44.7 Å². The van der Waals surface area contributed by atoms with Gasteiger partial charge >= 0.3 is 18.5 Å². The van der Waals surface area contributed by atoms with Crippen LogP contribution in [0.4, 0.5) is 30.7 Å². The maximum absolute atomic E-state index is 13.0. The summed E-state index contributed by atoms with van der Waals surface area (Å²) in [6.45, 7) is -0.247. The SMILES string of the molecule is Cc1cc(Cl)c(OCC(F)(F)C(F)F)cc1-c1nn(C)c(C(F)(F)F)cc1=O. The molecule has 0 aliphatic heterocycles. The highest BCUT2D eigenvalue weighted by molar-refractivity contribution is 6.32. The average molecular weight is 433 g/mol. The van der Waals surface area contributed by atoms with E-state index in [2.05, 4.69) is 9.84 Å². The summed E-state index contributed by atoms with van der Waals surface area (Å²) in [5, 5.41) is 3.38. The molecule has 1 aromatic carbocycles. The van der Waals surface area contributed by atoms with Gasteiger partial charge in [0, 0.05) is 18.7 Å². The minimum atomic E-state index is -4.82. The van der Waals surface area contributed by atoms with Crippen LogP contribution in [0.2, 0.25) is 5.02 Å². The molecule has 0 radical (unpaired) electrons. The molecule has 0 saturated carbocycles. The zero-order valence-electron chi connectivity index (χ0n) is 14.3. The Balaban J connectivity index is 2.50. The van der Waals surface area contributed by atoms with Crippen molar-refractivity contribution in [2.24, 2.45) is 7.05 Å². The van der Waals surface area contributed by atoms with Crippen molar-refractivity contribution in [3.63, 3.8) is 0 Å². The van der Waals surface area contributed by atoms with Crippen molar-refractivity contribution >= 4 is 11.6 Å². The third-order valence-electron chi connectivity index (χ3n) is 3.66. The number of rotatable bonds is 5. The number of halogens is 8. The van der Waals surface area contributed by atoms with E-state index in [9.17, 15) is 35.5 Å². The van der Waals surface area contributed by atoms with Gasteiger partial charge in [0.15, 0.2) is 6.61 Å². The second-order valence-corrected chi connectivity index (χ2v) is 6.22. The molecule has 0 spiro atoms. The second kappa shape index (κ2) is 7.61. The zero-order chi connectivity index (χ0) is 21.4. The molecule has 0 saturated heterocycles. The van der Waals surface area contributed by atoms with E-state index in [0.717, 1.165) is 13.1 Å². The van der Waals surface area contributed by atoms with Gasteiger partial charge in [0.05, 0.1) is 5.02 Å². The van der Waals surface area contributed by atoms with Gasteiger partial charge in [0.2, 0.25) is 5.43 Å². The van der Waals surface area contributed by atoms with E-state index in [-0.39, 0.29) is 16.1 Å². The van der Waals surface area contributed by atoms with Crippen molar-refractivity contribution in [2.45, 2.75) is 25.4 Å². The van der Waals surface area contributed by atoms with Crippen LogP contribution in [-0.4, -0.2) is 28.7 Å². The van der Waals surface area contributed by atoms with Crippen molar-refractivity contribution < 1.29 is 35.5 Å². The average Bonchev–Trinajstić information content (AvgIpc) is 2.55. The van der Waals surface area contributed by atoms with Crippen LogP contribution in [0.1, 0.15) is 11.3 Å². The molecule has 0 bridgehead atoms. The highest BCUT2D eigenvalue weighted by Crippen LogP contribution is 2.34. The second-order valence-electron chi connectivity index (χ2n) is 5.81. The van der Waals surface area contributed by atoms with E-state index in [1.54, 1.807) is 0 Å². The predicted octanol–water partition coefficient (Wildman–Crippen LogP) is 4.71. The summed E-state index contributed by atoms with van der Waals surface area (Å²) in [4.78, 5) is 12.1. The molecule has 0 amide bonds. The summed E-state index contributed by atoms with van der Waals surface area (Å²) in [5.74, 6) is -4.90. The van der Waals surface area contributed by atoms with Crippen LogP contribution < -0.4 is 10.2 Å². The van der Waals surface area contributed by atoms with E-state index in [4.69, 9.17) is 11.6 Å². The minimum absolute atomic E-state index is 0.0471. The first-order chi connectivity index (χ1) is 12.7. The number of aromatic nitrogens is 2. The Morgan fingerprint density at radius 2 is 1.79 bits per heavy atom. The molecular formula is C16H12ClF7N2O2. The molecule has 1 heterocycles. The van der Waals surface area contributed by atoms with Crippen molar-refractivity contribution in [3.8, 4) is 17.0 Å². The fourth-order valence-corrected chi connectivity index (χ4v) is 2.52. The highest BCUT2D eigenvalue weighted by atomic mass is 35.5. The van der Waals surface area contributed by atoms with Crippen LogP contribution in [-0.2, 0) is 13.2 Å². The molecule has 0 aliphatic rings. The van der Waals surface area contributed by atoms with Crippen molar-refractivity contribution in [2.75, 3.05) is 6.61 Å². The van der Waals surface area contributed by atoms with E-state index in [1.807, 2.05) is 0 Å². The van der Waals surface area contributed by atoms with Gasteiger partial charge in [-0.05, 0) is 24.6 Å². The van der Waals surface area contributed by atoms with Gasteiger partial charge in [-0.2, -0.15) is 27.1 Å². The van der Waals surface area contributed by atoms with Gasteiger partial charge in [-0.25, -0.2) is 8.78 Å². The third kappa shape index (κ3) is 4.57. The Morgan fingerprint density at radius 3 is 2.32 bits per heavy atom. The maximum atomic E-state index is 13.0. The molecule has 0 N–H and O–H groups in total. The number of nitrogens with zero attached hydrogens (tertiary/aromatic N) is 2. The monoisotopic (exact) mass is 432 g/mol. The van der Waals surface area contributed by atoms with Gasteiger partial charge in [-0.1, -0.05) is 11.6 Å². The normalized spacial score (nSPS) is 12.5. The molecule has 0 aliphatic carbocycles. The number of hydrogen-bond acceptors (Lipinski definition) is 3. The van der Waals surface area contributed by atoms with Crippen LogP contribution in [0.25, 0.3) is 11.3 Å². The molecule has 1 aromatic heterocycles. The van der Waals surface area contributed by atoms with Gasteiger partial charge in [0.25, 0.3) is 0 Å². The third-order valence-corrected chi connectivity index (χ3v) is 3.96. The van der Waals surface area contributed by atoms with Gasteiger partial charge in [-0.3, -0.25) is 9.48 Å². The van der Waals surface area contributed by atoms with Gasteiger partial charge in [-0.15, -0.1) is 0 Å². The molecule has 0 unspecified atom stereocenters. The van der Waals surface area contributed by atoms with Crippen LogP contribution >= 0.6 is 11.6 Å². The summed E-state index contributed by atoms with van der Waals surface area (Å²) in [5.41, 5.74) is -2.56. The van der Waals surface area contributed by atoms with E-state index >= 15 is 0 Å². The molecule has 2 aromatic rings. The van der Waals surface area contributed by atoms with Crippen LogP contribution in [0.15, 0.2) is 23.0 Å². The Labute approximate surface area is 158 Å². The van der Waals surface area contributed by atoms with E-state index in [0.29, 0.717) is 10.7 Å². The molecule has 0 atom stereocenters. The summed E-state index contributed by atoms with van der Waals surface area (Å²) < 4.78 is 94.3. The fourth-order valence-electron chi connectivity index (χ4n) is 2.25. The lowest BCUT2D eigenvalue weighted by molar-refractivity contribution is -0.148. The lowest BCUT2D eigenvalue weighted by Crippen LogP contribution is -2.33. The summed E-state index contributed by atoms with van der Waals surface area (Å²) >= 11 is 5.84. The van der Waals surface area contributed by atoms with Crippen LogP contribution in [0.5, 0.6) is 5.75 Å². The smallest absolute Gasteiger partial charge is 0.433 e. The topological polar surface area (TPSA) is 44.1 Å². The number of benzene rings is 1. The predicted molar refractivity (Wildman–Crippen MR) is 86.1 cm³/mol. The van der Waals surface area contributed by atoms with Crippen LogP contribution in [0, 0.1) is 6.92 Å². The highest BCUT2D eigenvalue weighted by Gasteiger charge is 2.42. The molecule has 2 rings (SSSR count). The quantitative estimate of drug-likeness (QED) is 0.643. The first-order valence-electron chi connectivity index (χ1n) is 7.49. The fraction of sp³-hybridized carbons (Fsp3) is 0.375. The number of alkyl halides is 7. The number of hydrogen-bond donors (Lipinski definition) is 0. The Bertz CT molecular complexity index is 942. The molecule has 0 fully saturated rings. The molecular weight excluding hydrogens is 421 g/mol. The standard InChI is InChI=1S/C16H12ClF7N2O2/c1-7-3-9(17)11(28-6-15(20,21)14(18)19)4-8(7)13-10(27)5-12(16(22,23)24)26(2)25-13/h3-5,14H,6H2,1-2H3. The van der Waals surface area contributed by atoms with Crippen molar-refractivity contribution in [1.82, 2.24) is 9.78 Å². The van der Waals surface area contributed by atoms with E-state index < -0.39 is 47.7 Å². The minimum Gasteiger partial charge on any atom is -0.485 e. The van der Waals surface area contributed by atoms with Crippen molar-refractivity contribution in [1.29, 1.82) is 0 Å². The number of ether oxygens (including phenoxy) is 1. The van der Waals surface area contributed by atoms with E-state index in [1.165, 1.54) is 13.0 Å². The van der Waals surface area contributed by atoms with Crippen LogP contribution in [0.3, 0.4) is 0 Å². The Hall–Kier alpha value is -2.30.